The van der Waals surface area contributed by atoms with Gasteiger partial charge in [-0.05, 0) is 40.9 Å². The first kappa shape index (κ1) is 14.7. The van der Waals surface area contributed by atoms with Gasteiger partial charge in [0.1, 0.15) is 4.47 Å². The van der Waals surface area contributed by atoms with Gasteiger partial charge in [0.25, 0.3) is 5.56 Å². The zero-order valence-electron chi connectivity index (χ0n) is 11.5. The number of pyridine rings is 1. The van der Waals surface area contributed by atoms with E-state index in [2.05, 4.69) is 31.3 Å². The molecule has 1 unspecified atom stereocenters. The summed E-state index contributed by atoms with van der Waals surface area (Å²) in [7, 11) is 0. The number of aryl methyl sites for hydroxylation is 1. The SMILES string of the molecule is CCCn1ncc(NC(C)c2cccnc2)c(Br)c1=O. The Balaban J connectivity index is 2.22. The lowest BCUT2D eigenvalue weighted by atomic mass is 10.1. The van der Waals surface area contributed by atoms with Crippen molar-refractivity contribution in [2.45, 2.75) is 32.9 Å². The number of halogens is 1. The van der Waals surface area contributed by atoms with E-state index < -0.39 is 0 Å². The van der Waals surface area contributed by atoms with Gasteiger partial charge in [0.2, 0.25) is 0 Å². The molecule has 1 atom stereocenters. The highest BCUT2D eigenvalue weighted by atomic mass is 79.9. The van der Waals surface area contributed by atoms with E-state index >= 15 is 0 Å². The van der Waals surface area contributed by atoms with E-state index in [1.807, 2.05) is 26.0 Å². The minimum Gasteiger partial charge on any atom is -0.376 e. The van der Waals surface area contributed by atoms with Gasteiger partial charge in [-0.25, -0.2) is 4.68 Å². The first-order chi connectivity index (χ1) is 9.63. The lowest BCUT2D eigenvalue weighted by Gasteiger charge is -2.16. The average Bonchev–Trinajstić information content (AvgIpc) is 2.48. The predicted molar refractivity (Wildman–Crippen MR) is 82.8 cm³/mol. The Morgan fingerprint density at radius 2 is 2.25 bits per heavy atom. The number of hydrogen-bond donors (Lipinski definition) is 1. The van der Waals surface area contributed by atoms with Gasteiger partial charge in [0, 0.05) is 18.9 Å². The Hall–Kier alpha value is -1.69. The first-order valence-electron chi connectivity index (χ1n) is 6.55. The summed E-state index contributed by atoms with van der Waals surface area (Å²) in [5.41, 5.74) is 1.63. The molecule has 0 saturated heterocycles. The van der Waals surface area contributed by atoms with E-state index in [1.165, 1.54) is 4.68 Å². The molecule has 0 saturated carbocycles. The second kappa shape index (κ2) is 6.65. The Kier molecular flexibility index (Phi) is 4.89. The van der Waals surface area contributed by atoms with Crippen LogP contribution in [0.3, 0.4) is 0 Å². The molecule has 0 aliphatic heterocycles. The molecular formula is C14H17BrN4O. The molecule has 106 valence electrons. The minimum absolute atomic E-state index is 0.0447. The van der Waals surface area contributed by atoms with Gasteiger partial charge in [0.15, 0.2) is 0 Å². The van der Waals surface area contributed by atoms with Crippen LogP contribution in [-0.2, 0) is 6.54 Å². The molecule has 5 nitrogen and oxygen atoms in total. The molecule has 0 amide bonds. The quantitative estimate of drug-likeness (QED) is 0.911. The van der Waals surface area contributed by atoms with Crippen molar-refractivity contribution in [1.82, 2.24) is 14.8 Å². The number of nitrogens with one attached hydrogen (secondary N) is 1. The molecule has 0 spiro atoms. The van der Waals surface area contributed by atoms with Gasteiger partial charge in [0.05, 0.1) is 17.9 Å². The zero-order chi connectivity index (χ0) is 14.5. The molecule has 2 heterocycles. The van der Waals surface area contributed by atoms with Gasteiger partial charge < -0.3 is 5.32 Å². The summed E-state index contributed by atoms with van der Waals surface area (Å²) in [5, 5.41) is 7.45. The van der Waals surface area contributed by atoms with Crippen LogP contribution in [0.25, 0.3) is 0 Å². The standard InChI is InChI=1S/C14H17BrN4O/c1-3-7-19-14(20)13(15)12(9-17-19)18-10(2)11-5-4-6-16-8-11/h4-6,8-10,18H,3,7H2,1-2H3. The third-order valence-corrected chi connectivity index (χ3v) is 3.74. The normalized spacial score (nSPS) is 12.2. The maximum atomic E-state index is 12.1. The predicted octanol–water partition coefficient (Wildman–Crippen LogP) is 2.98. The monoisotopic (exact) mass is 336 g/mol. The molecule has 2 aromatic rings. The zero-order valence-corrected chi connectivity index (χ0v) is 13.1. The Labute approximate surface area is 126 Å². The van der Waals surface area contributed by atoms with Crippen LogP contribution in [0.5, 0.6) is 0 Å². The van der Waals surface area contributed by atoms with Crippen LogP contribution in [0.4, 0.5) is 5.69 Å². The number of nitrogens with zero attached hydrogens (tertiary/aromatic N) is 3. The largest absolute Gasteiger partial charge is 0.376 e. The summed E-state index contributed by atoms with van der Waals surface area (Å²) in [4.78, 5) is 16.2. The van der Waals surface area contributed by atoms with Crippen LogP contribution in [0.1, 0.15) is 31.9 Å². The van der Waals surface area contributed by atoms with E-state index in [1.54, 1.807) is 18.6 Å². The maximum absolute atomic E-state index is 12.1. The second-order valence-electron chi connectivity index (χ2n) is 4.55. The Morgan fingerprint density at radius 1 is 1.45 bits per heavy atom. The molecule has 1 N–H and O–H groups in total. The van der Waals surface area contributed by atoms with Gasteiger partial charge in [-0.2, -0.15) is 5.10 Å². The fourth-order valence-electron chi connectivity index (χ4n) is 1.89. The fourth-order valence-corrected chi connectivity index (χ4v) is 2.31. The second-order valence-corrected chi connectivity index (χ2v) is 5.35. The fraction of sp³-hybridized carbons (Fsp3) is 0.357. The summed E-state index contributed by atoms with van der Waals surface area (Å²) in [6, 6.07) is 3.92. The van der Waals surface area contributed by atoms with Crippen LogP contribution in [0.15, 0.2) is 40.0 Å². The molecule has 0 fully saturated rings. The molecule has 2 aromatic heterocycles. The molecule has 0 aliphatic carbocycles. The van der Waals surface area contributed by atoms with Crippen LogP contribution < -0.4 is 10.9 Å². The summed E-state index contributed by atoms with van der Waals surface area (Å²) in [6.07, 6.45) is 6.09. The highest BCUT2D eigenvalue weighted by Crippen LogP contribution is 2.22. The molecule has 6 heteroatoms. The number of aromatic nitrogens is 3. The van der Waals surface area contributed by atoms with Crippen LogP contribution in [0, 0.1) is 0 Å². The van der Waals surface area contributed by atoms with Crippen LogP contribution in [0.2, 0.25) is 0 Å². The topological polar surface area (TPSA) is 59.8 Å². The van der Waals surface area contributed by atoms with E-state index in [9.17, 15) is 4.79 Å². The molecule has 0 radical (unpaired) electrons. The van der Waals surface area contributed by atoms with Crippen molar-refractivity contribution in [2.24, 2.45) is 0 Å². The van der Waals surface area contributed by atoms with E-state index in [0.717, 1.165) is 12.0 Å². The summed E-state index contributed by atoms with van der Waals surface area (Å²) < 4.78 is 1.97. The smallest absolute Gasteiger partial charge is 0.283 e. The summed E-state index contributed by atoms with van der Waals surface area (Å²) in [5.74, 6) is 0. The van der Waals surface area contributed by atoms with Crippen molar-refractivity contribution in [3.8, 4) is 0 Å². The minimum atomic E-state index is -0.116. The number of hydrogen-bond acceptors (Lipinski definition) is 4. The highest BCUT2D eigenvalue weighted by Gasteiger charge is 2.11. The average molecular weight is 337 g/mol. The molecular weight excluding hydrogens is 320 g/mol. The van der Waals surface area contributed by atoms with Crippen molar-refractivity contribution in [3.05, 3.63) is 51.1 Å². The third kappa shape index (κ3) is 3.25. The summed E-state index contributed by atoms with van der Waals surface area (Å²) >= 11 is 3.35. The number of anilines is 1. The van der Waals surface area contributed by atoms with Crippen molar-refractivity contribution >= 4 is 21.6 Å². The van der Waals surface area contributed by atoms with Crippen molar-refractivity contribution in [1.29, 1.82) is 0 Å². The molecule has 0 aromatic carbocycles. The van der Waals surface area contributed by atoms with Gasteiger partial charge in [-0.15, -0.1) is 0 Å². The van der Waals surface area contributed by atoms with Gasteiger partial charge in [-0.3, -0.25) is 9.78 Å². The van der Waals surface area contributed by atoms with E-state index in [4.69, 9.17) is 0 Å². The molecule has 20 heavy (non-hydrogen) atoms. The van der Waals surface area contributed by atoms with Crippen LogP contribution in [-0.4, -0.2) is 14.8 Å². The van der Waals surface area contributed by atoms with Gasteiger partial charge in [-0.1, -0.05) is 13.0 Å². The highest BCUT2D eigenvalue weighted by molar-refractivity contribution is 9.10. The Morgan fingerprint density at radius 3 is 2.90 bits per heavy atom. The lowest BCUT2D eigenvalue weighted by Crippen LogP contribution is -2.24. The van der Waals surface area contributed by atoms with E-state index in [0.29, 0.717) is 16.7 Å². The van der Waals surface area contributed by atoms with Gasteiger partial charge >= 0.3 is 0 Å². The molecule has 0 bridgehead atoms. The first-order valence-corrected chi connectivity index (χ1v) is 7.35. The molecule has 2 rings (SSSR count). The summed E-state index contributed by atoms with van der Waals surface area (Å²) in [6.45, 7) is 4.65. The Bertz CT molecular complexity index is 627. The van der Waals surface area contributed by atoms with Crippen molar-refractivity contribution in [2.75, 3.05) is 5.32 Å². The van der Waals surface area contributed by atoms with Crippen molar-refractivity contribution in [3.63, 3.8) is 0 Å². The maximum Gasteiger partial charge on any atom is 0.283 e. The molecule has 0 aliphatic rings. The van der Waals surface area contributed by atoms with Crippen molar-refractivity contribution < 1.29 is 0 Å². The third-order valence-electron chi connectivity index (χ3n) is 2.98. The number of rotatable bonds is 5. The lowest BCUT2D eigenvalue weighted by molar-refractivity contribution is 0.565. The van der Waals surface area contributed by atoms with E-state index in [-0.39, 0.29) is 11.6 Å². The van der Waals surface area contributed by atoms with Crippen LogP contribution >= 0.6 is 15.9 Å².